The predicted molar refractivity (Wildman–Crippen MR) is 89.3 cm³/mol. The van der Waals surface area contributed by atoms with E-state index in [1.807, 2.05) is 48.5 Å². The van der Waals surface area contributed by atoms with Crippen LogP contribution in [0.2, 0.25) is 0 Å². The first-order valence-corrected chi connectivity index (χ1v) is 9.41. The van der Waals surface area contributed by atoms with Crippen LogP contribution in [0.1, 0.15) is 11.1 Å². The molecule has 116 valence electrons. The number of halogens is 1. The number of benzene rings is 2. The zero-order valence-electron chi connectivity index (χ0n) is 11.8. The van der Waals surface area contributed by atoms with Crippen LogP contribution in [0.25, 0.3) is 0 Å². The molecular weight excluding hydrogens is 366 g/mol. The van der Waals surface area contributed by atoms with Crippen molar-refractivity contribution in [3.8, 4) is 5.75 Å². The standard InChI is InChI=1S/C16H16BrNO3S/c17-14-6-7-16-13(8-14)9-15(10-21-16)18-22(19,20)11-12-4-2-1-3-5-12/h1-8,15,18H,9-11H2/t15-/m0/s1. The van der Waals surface area contributed by atoms with Gasteiger partial charge in [-0.25, -0.2) is 13.1 Å². The largest absolute Gasteiger partial charge is 0.492 e. The minimum absolute atomic E-state index is 0.0182. The van der Waals surface area contributed by atoms with E-state index in [1.54, 1.807) is 0 Å². The number of rotatable bonds is 4. The van der Waals surface area contributed by atoms with Crippen LogP contribution in [0.5, 0.6) is 5.75 Å². The lowest BCUT2D eigenvalue weighted by molar-refractivity contribution is 0.254. The molecule has 2 aromatic rings. The van der Waals surface area contributed by atoms with Gasteiger partial charge in [0.05, 0.1) is 11.8 Å². The van der Waals surface area contributed by atoms with Gasteiger partial charge < -0.3 is 4.74 Å². The summed E-state index contributed by atoms with van der Waals surface area (Å²) in [6.45, 7) is 0.350. The Morgan fingerprint density at radius 2 is 1.95 bits per heavy atom. The molecule has 0 aromatic heterocycles. The quantitative estimate of drug-likeness (QED) is 0.885. The summed E-state index contributed by atoms with van der Waals surface area (Å²) in [5.74, 6) is 0.803. The monoisotopic (exact) mass is 381 g/mol. The summed E-state index contributed by atoms with van der Waals surface area (Å²) in [6, 6.07) is 14.7. The van der Waals surface area contributed by atoms with Gasteiger partial charge in [0, 0.05) is 4.47 Å². The van der Waals surface area contributed by atoms with Gasteiger partial charge in [0.1, 0.15) is 12.4 Å². The summed E-state index contributed by atoms with van der Waals surface area (Å²) < 4.78 is 33.9. The molecule has 1 aliphatic heterocycles. The van der Waals surface area contributed by atoms with E-state index >= 15 is 0 Å². The fourth-order valence-corrected chi connectivity index (χ4v) is 4.31. The Labute approximate surface area is 138 Å². The predicted octanol–water partition coefficient (Wildman–Crippen LogP) is 2.87. The van der Waals surface area contributed by atoms with Crippen molar-refractivity contribution in [3.63, 3.8) is 0 Å². The molecule has 1 atom stereocenters. The Balaban J connectivity index is 1.69. The lowest BCUT2D eigenvalue weighted by atomic mass is 10.0. The summed E-state index contributed by atoms with van der Waals surface area (Å²) in [4.78, 5) is 0. The van der Waals surface area contributed by atoms with E-state index in [9.17, 15) is 8.42 Å². The molecule has 6 heteroatoms. The molecule has 0 radical (unpaired) electrons. The summed E-state index contributed by atoms with van der Waals surface area (Å²) in [5, 5.41) is 0. The number of nitrogens with one attached hydrogen (secondary N) is 1. The van der Waals surface area contributed by atoms with Gasteiger partial charge in [0.25, 0.3) is 0 Å². The van der Waals surface area contributed by atoms with Gasteiger partial charge in [-0.15, -0.1) is 0 Å². The van der Waals surface area contributed by atoms with Crippen LogP contribution in [-0.4, -0.2) is 21.1 Å². The van der Waals surface area contributed by atoms with E-state index in [-0.39, 0.29) is 11.8 Å². The fraction of sp³-hybridized carbons (Fsp3) is 0.250. The molecule has 22 heavy (non-hydrogen) atoms. The molecule has 3 rings (SSSR count). The second kappa shape index (κ2) is 6.40. The van der Waals surface area contributed by atoms with Crippen LogP contribution >= 0.6 is 15.9 Å². The Morgan fingerprint density at radius 3 is 2.73 bits per heavy atom. The second-order valence-electron chi connectivity index (χ2n) is 5.33. The third-order valence-electron chi connectivity index (χ3n) is 3.47. The van der Waals surface area contributed by atoms with Crippen molar-refractivity contribution in [2.45, 2.75) is 18.2 Å². The van der Waals surface area contributed by atoms with Crippen molar-refractivity contribution in [1.29, 1.82) is 0 Å². The maximum atomic E-state index is 12.3. The van der Waals surface area contributed by atoms with Gasteiger partial charge in [-0.3, -0.25) is 0 Å². The third-order valence-corrected chi connectivity index (χ3v) is 5.37. The molecule has 0 saturated carbocycles. The SMILES string of the molecule is O=S(=O)(Cc1ccccc1)N[C@@H]1COc2ccc(Br)cc2C1. The van der Waals surface area contributed by atoms with E-state index in [4.69, 9.17) is 4.74 Å². The highest BCUT2D eigenvalue weighted by atomic mass is 79.9. The van der Waals surface area contributed by atoms with Crippen LogP contribution in [0.4, 0.5) is 0 Å². The van der Waals surface area contributed by atoms with Crippen molar-refractivity contribution in [3.05, 3.63) is 64.1 Å². The Kier molecular flexibility index (Phi) is 4.52. The van der Waals surface area contributed by atoms with Crippen LogP contribution in [0, 0.1) is 0 Å². The zero-order chi connectivity index (χ0) is 15.6. The van der Waals surface area contributed by atoms with E-state index < -0.39 is 10.0 Å². The number of sulfonamides is 1. The Hall–Kier alpha value is -1.37. The average molecular weight is 382 g/mol. The number of ether oxygens (including phenoxy) is 1. The van der Waals surface area contributed by atoms with Gasteiger partial charge in [-0.2, -0.15) is 0 Å². The minimum Gasteiger partial charge on any atom is -0.492 e. The molecule has 2 aromatic carbocycles. The number of hydrogen-bond acceptors (Lipinski definition) is 3. The van der Waals surface area contributed by atoms with E-state index in [0.717, 1.165) is 21.3 Å². The molecule has 1 heterocycles. The van der Waals surface area contributed by atoms with Crippen molar-refractivity contribution in [2.75, 3.05) is 6.61 Å². The van der Waals surface area contributed by atoms with Crippen molar-refractivity contribution in [1.82, 2.24) is 4.72 Å². The van der Waals surface area contributed by atoms with Gasteiger partial charge in [0.2, 0.25) is 10.0 Å². The third kappa shape index (κ3) is 3.88. The number of hydrogen-bond donors (Lipinski definition) is 1. The molecule has 1 N–H and O–H groups in total. The van der Waals surface area contributed by atoms with E-state index in [1.165, 1.54) is 0 Å². The topological polar surface area (TPSA) is 55.4 Å². The van der Waals surface area contributed by atoms with Gasteiger partial charge in [0.15, 0.2) is 0 Å². The number of fused-ring (bicyclic) bond motifs is 1. The molecule has 0 spiro atoms. The molecule has 0 aliphatic carbocycles. The van der Waals surface area contributed by atoms with E-state index in [0.29, 0.717) is 13.0 Å². The first kappa shape index (κ1) is 15.5. The van der Waals surface area contributed by atoms with E-state index in [2.05, 4.69) is 20.7 Å². The van der Waals surface area contributed by atoms with Crippen molar-refractivity contribution in [2.24, 2.45) is 0 Å². The van der Waals surface area contributed by atoms with Gasteiger partial charge in [-0.1, -0.05) is 46.3 Å². The Bertz CT molecular complexity index is 762. The fourth-order valence-electron chi connectivity index (χ4n) is 2.53. The molecular formula is C16H16BrNO3S. The zero-order valence-corrected chi connectivity index (χ0v) is 14.2. The van der Waals surface area contributed by atoms with Crippen LogP contribution in [0.15, 0.2) is 53.0 Å². The smallest absolute Gasteiger partial charge is 0.216 e. The van der Waals surface area contributed by atoms with Gasteiger partial charge >= 0.3 is 0 Å². The highest BCUT2D eigenvalue weighted by Crippen LogP contribution is 2.28. The van der Waals surface area contributed by atoms with Crippen LogP contribution < -0.4 is 9.46 Å². The Morgan fingerprint density at radius 1 is 1.18 bits per heavy atom. The maximum Gasteiger partial charge on any atom is 0.216 e. The molecule has 0 amide bonds. The summed E-state index contributed by atoms with van der Waals surface area (Å²) in [7, 11) is -3.39. The highest BCUT2D eigenvalue weighted by molar-refractivity contribution is 9.10. The second-order valence-corrected chi connectivity index (χ2v) is 8.00. The molecule has 0 fully saturated rings. The molecule has 0 bridgehead atoms. The average Bonchev–Trinajstić information content (AvgIpc) is 2.46. The molecule has 0 saturated heterocycles. The maximum absolute atomic E-state index is 12.3. The molecule has 0 unspecified atom stereocenters. The van der Waals surface area contributed by atoms with Gasteiger partial charge in [-0.05, 0) is 35.7 Å². The minimum atomic E-state index is -3.39. The summed E-state index contributed by atoms with van der Waals surface area (Å²) >= 11 is 3.42. The van der Waals surface area contributed by atoms with Crippen LogP contribution in [-0.2, 0) is 22.2 Å². The first-order chi connectivity index (χ1) is 10.5. The molecule has 1 aliphatic rings. The lowest BCUT2D eigenvalue weighted by Gasteiger charge is -2.26. The first-order valence-electron chi connectivity index (χ1n) is 6.97. The summed E-state index contributed by atoms with van der Waals surface area (Å²) in [6.07, 6.45) is 0.628. The molecule has 4 nitrogen and oxygen atoms in total. The normalized spacial score (nSPS) is 17.6. The summed E-state index contributed by atoms with van der Waals surface area (Å²) in [5.41, 5.74) is 1.78. The van der Waals surface area contributed by atoms with Crippen molar-refractivity contribution < 1.29 is 13.2 Å². The van der Waals surface area contributed by atoms with Crippen LogP contribution in [0.3, 0.4) is 0 Å². The lowest BCUT2D eigenvalue weighted by Crippen LogP contribution is -2.43. The van der Waals surface area contributed by atoms with Crippen molar-refractivity contribution >= 4 is 26.0 Å². The highest BCUT2D eigenvalue weighted by Gasteiger charge is 2.24.